The molecule has 0 spiro atoms. The van der Waals surface area contributed by atoms with Crippen molar-refractivity contribution in [1.82, 2.24) is 0 Å². The van der Waals surface area contributed by atoms with E-state index in [0.717, 1.165) is 11.8 Å². The molecule has 0 saturated heterocycles. The molecule has 1 heterocycles. The van der Waals surface area contributed by atoms with Crippen molar-refractivity contribution in [1.29, 1.82) is 0 Å². The van der Waals surface area contributed by atoms with Crippen LogP contribution in [0.3, 0.4) is 0 Å². The molecule has 3 aliphatic rings. The summed E-state index contributed by atoms with van der Waals surface area (Å²) in [5.74, 6) is 1.76. The highest BCUT2D eigenvalue weighted by Crippen LogP contribution is 2.52. The van der Waals surface area contributed by atoms with Gasteiger partial charge in [0.05, 0.1) is 0 Å². The van der Waals surface area contributed by atoms with Crippen LogP contribution in [0.4, 0.5) is 0 Å². The van der Waals surface area contributed by atoms with Gasteiger partial charge in [0.25, 0.3) is 0 Å². The summed E-state index contributed by atoms with van der Waals surface area (Å²) in [6.07, 6.45) is 4.29. The molecule has 3 heteroatoms. The molecule has 1 aromatic carbocycles. The molecule has 4 rings (SSSR count). The normalized spacial score (nSPS) is 33.6. The van der Waals surface area contributed by atoms with Crippen molar-refractivity contribution < 1.29 is 4.12 Å². The predicted octanol–water partition coefficient (Wildman–Crippen LogP) is 2.91. The number of rotatable bonds is 0. The first kappa shape index (κ1) is 11.4. The van der Waals surface area contributed by atoms with E-state index < -0.39 is 16.6 Å². The lowest BCUT2D eigenvalue weighted by molar-refractivity contribution is 0.583. The van der Waals surface area contributed by atoms with Crippen molar-refractivity contribution in [2.24, 2.45) is 0 Å². The lowest BCUT2D eigenvalue weighted by atomic mass is 9.92. The Labute approximate surface area is 112 Å². The first-order valence-corrected chi connectivity index (χ1v) is 13.1. The number of hydrogen-bond donors (Lipinski definition) is 0. The maximum Gasteiger partial charge on any atom is 0.206 e. The Kier molecular flexibility index (Phi) is 2.03. The highest BCUT2D eigenvalue weighted by atomic mass is 28.4. The van der Waals surface area contributed by atoms with E-state index >= 15 is 0 Å². The lowest BCUT2D eigenvalue weighted by Crippen LogP contribution is -2.44. The first-order chi connectivity index (χ1) is 8.38. The van der Waals surface area contributed by atoms with E-state index in [-0.39, 0.29) is 0 Å². The van der Waals surface area contributed by atoms with Gasteiger partial charge in [0, 0.05) is 0 Å². The van der Waals surface area contributed by atoms with Gasteiger partial charge in [-0.3, -0.25) is 0 Å². The molecule has 1 aliphatic heterocycles. The van der Waals surface area contributed by atoms with Crippen molar-refractivity contribution in [3.05, 3.63) is 23.3 Å². The van der Waals surface area contributed by atoms with Crippen LogP contribution in [0.5, 0.6) is 0 Å². The maximum atomic E-state index is 6.55. The molecule has 1 aromatic rings. The minimum atomic E-state index is -1.60. The second kappa shape index (κ2) is 3.19. The van der Waals surface area contributed by atoms with Crippen LogP contribution in [-0.2, 0) is 4.12 Å². The SMILES string of the molecule is C[Si]1(C)O[Si](C)(C)c2cc3c(cc21)[C@@H]1CC[C@H]3C1. The standard InChI is InChI=1S/C15H22OSi2/c1-17(2)14-8-12-10-5-6-11(7-10)13(12)9-15(14)18(3,4)16-17/h8-11H,5-7H2,1-4H3/t10-,11+. The summed E-state index contributed by atoms with van der Waals surface area (Å²) in [6, 6.07) is 5.14. The van der Waals surface area contributed by atoms with Gasteiger partial charge in [0.2, 0.25) is 16.6 Å². The highest BCUT2D eigenvalue weighted by Gasteiger charge is 2.48. The summed E-state index contributed by atoms with van der Waals surface area (Å²) >= 11 is 0. The summed E-state index contributed by atoms with van der Waals surface area (Å²) in [5.41, 5.74) is 3.39. The zero-order valence-electron chi connectivity index (χ0n) is 11.8. The Morgan fingerprint density at radius 1 is 0.889 bits per heavy atom. The van der Waals surface area contributed by atoms with E-state index in [1.807, 2.05) is 0 Å². The molecule has 0 radical (unpaired) electrons. The fraction of sp³-hybridized carbons (Fsp3) is 0.600. The van der Waals surface area contributed by atoms with Crippen LogP contribution >= 0.6 is 0 Å². The van der Waals surface area contributed by atoms with E-state index in [2.05, 4.69) is 38.3 Å². The van der Waals surface area contributed by atoms with Crippen molar-refractivity contribution in [3.63, 3.8) is 0 Å². The van der Waals surface area contributed by atoms with Gasteiger partial charge in [-0.2, -0.15) is 0 Å². The van der Waals surface area contributed by atoms with Gasteiger partial charge in [-0.05, 0) is 78.8 Å². The Balaban J connectivity index is 1.97. The van der Waals surface area contributed by atoms with E-state index in [9.17, 15) is 0 Å². The van der Waals surface area contributed by atoms with Gasteiger partial charge in [-0.1, -0.05) is 12.1 Å². The maximum absolute atomic E-state index is 6.55. The van der Waals surface area contributed by atoms with Gasteiger partial charge < -0.3 is 4.12 Å². The van der Waals surface area contributed by atoms with E-state index in [1.165, 1.54) is 19.3 Å². The molecule has 2 atom stereocenters. The fourth-order valence-corrected chi connectivity index (χ4v) is 14.9. The molecule has 1 fully saturated rings. The molecule has 1 saturated carbocycles. The van der Waals surface area contributed by atoms with Gasteiger partial charge in [-0.25, -0.2) is 0 Å². The van der Waals surface area contributed by atoms with Crippen LogP contribution in [0.2, 0.25) is 26.2 Å². The molecule has 0 aromatic heterocycles. The molecule has 0 amide bonds. The summed E-state index contributed by atoms with van der Waals surface area (Å²) < 4.78 is 6.55. The third-order valence-electron chi connectivity index (χ3n) is 5.34. The van der Waals surface area contributed by atoms with Crippen molar-refractivity contribution in [2.45, 2.75) is 57.3 Å². The molecular weight excluding hydrogens is 252 g/mol. The molecule has 2 bridgehead atoms. The van der Waals surface area contributed by atoms with E-state index in [0.29, 0.717) is 0 Å². The van der Waals surface area contributed by atoms with Gasteiger partial charge in [0.15, 0.2) is 0 Å². The van der Waals surface area contributed by atoms with Gasteiger partial charge in [-0.15, -0.1) is 0 Å². The smallest absolute Gasteiger partial charge is 0.206 e. The quantitative estimate of drug-likeness (QED) is 0.661. The zero-order chi connectivity index (χ0) is 12.7. The number of fused-ring (bicyclic) bond motifs is 6. The van der Waals surface area contributed by atoms with Crippen LogP contribution in [0.1, 0.15) is 42.2 Å². The molecule has 0 unspecified atom stereocenters. The number of hydrogen-bond acceptors (Lipinski definition) is 1. The third kappa shape index (κ3) is 1.30. The van der Waals surface area contributed by atoms with Crippen LogP contribution in [0, 0.1) is 0 Å². The molecular formula is C15H22OSi2. The average Bonchev–Trinajstić information content (AvgIpc) is 2.90. The van der Waals surface area contributed by atoms with Crippen molar-refractivity contribution in [2.75, 3.05) is 0 Å². The summed E-state index contributed by atoms with van der Waals surface area (Å²) in [4.78, 5) is 0. The Bertz CT molecular complexity index is 501. The van der Waals surface area contributed by atoms with Crippen LogP contribution in [-0.4, -0.2) is 16.6 Å². The summed E-state index contributed by atoms with van der Waals surface area (Å²) in [7, 11) is -3.21. The fourth-order valence-electron chi connectivity index (χ4n) is 4.63. The Morgan fingerprint density at radius 3 is 1.78 bits per heavy atom. The monoisotopic (exact) mass is 274 g/mol. The summed E-state index contributed by atoms with van der Waals surface area (Å²) in [6.45, 7) is 9.53. The summed E-state index contributed by atoms with van der Waals surface area (Å²) in [5, 5.41) is 3.26. The van der Waals surface area contributed by atoms with E-state index in [1.54, 1.807) is 21.5 Å². The van der Waals surface area contributed by atoms with Crippen molar-refractivity contribution >= 4 is 27.0 Å². The van der Waals surface area contributed by atoms with E-state index in [4.69, 9.17) is 4.12 Å². The molecule has 1 nitrogen and oxygen atoms in total. The third-order valence-corrected chi connectivity index (χ3v) is 13.1. The second-order valence-corrected chi connectivity index (χ2v) is 15.3. The number of benzene rings is 1. The average molecular weight is 275 g/mol. The largest absolute Gasteiger partial charge is 0.449 e. The van der Waals surface area contributed by atoms with Crippen LogP contribution in [0.15, 0.2) is 12.1 Å². The molecule has 18 heavy (non-hydrogen) atoms. The Hall–Kier alpha value is -0.386. The minimum absolute atomic E-state index is 0.880. The molecule has 96 valence electrons. The first-order valence-electron chi connectivity index (χ1n) is 7.27. The minimum Gasteiger partial charge on any atom is -0.449 e. The molecule has 0 N–H and O–H groups in total. The zero-order valence-corrected chi connectivity index (χ0v) is 13.8. The van der Waals surface area contributed by atoms with Crippen molar-refractivity contribution in [3.8, 4) is 0 Å². The predicted molar refractivity (Wildman–Crippen MR) is 81.1 cm³/mol. The van der Waals surface area contributed by atoms with Gasteiger partial charge in [0.1, 0.15) is 0 Å². The van der Waals surface area contributed by atoms with Crippen LogP contribution < -0.4 is 10.4 Å². The highest BCUT2D eigenvalue weighted by molar-refractivity contribution is 7.05. The second-order valence-electron chi connectivity index (χ2n) is 7.36. The van der Waals surface area contributed by atoms with Crippen LogP contribution in [0.25, 0.3) is 0 Å². The lowest BCUT2D eigenvalue weighted by Gasteiger charge is -2.22. The van der Waals surface area contributed by atoms with Gasteiger partial charge >= 0.3 is 0 Å². The topological polar surface area (TPSA) is 9.23 Å². The molecule has 2 aliphatic carbocycles. The Morgan fingerprint density at radius 2 is 1.33 bits per heavy atom.